The molecule has 68 valence electrons. The molecular formula is C10H13N2P. The molecule has 2 aliphatic heterocycles. The van der Waals surface area contributed by atoms with Crippen molar-refractivity contribution in [3.63, 3.8) is 0 Å². The van der Waals surface area contributed by atoms with Crippen LogP contribution in [0.25, 0.3) is 0 Å². The van der Waals surface area contributed by atoms with Crippen LogP contribution < -0.4 is 11.0 Å². The normalized spacial score (nSPS) is 30.2. The van der Waals surface area contributed by atoms with E-state index in [4.69, 9.17) is 5.73 Å². The van der Waals surface area contributed by atoms with E-state index in [2.05, 4.69) is 11.1 Å². The van der Waals surface area contributed by atoms with Crippen LogP contribution in [-0.2, 0) is 6.42 Å². The van der Waals surface area contributed by atoms with E-state index in [9.17, 15) is 0 Å². The summed E-state index contributed by atoms with van der Waals surface area (Å²) in [6.07, 6.45) is 7.28. The molecule has 2 bridgehead atoms. The van der Waals surface area contributed by atoms with Gasteiger partial charge in [-0.15, -0.1) is 0 Å². The van der Waals surface area contributed by atoms with E-state index in [1.165, 1.54) is 36.2 Å². The number of nitrogens with zero attached hydrogens (tertiary/aromatic N) is 1. The van der Waals surface area contributed by atoms with Crippen molar-refractivity contribution in [1.29, 1.82) is 0 Å². The molecule has 1 fully saturated rings. The minimum atomic E-state index is 0.130. The number of hydrogen-bond acceptors (Lipinski definition) is 2. The Labute approximate surface area is 79.3 Å². The zero-order chi connectivity index (χ0) is 8.84. The van der Waals surface area contributed by atoms with Gasteiger partial charge in [-0.05, 0) is 42.5 Å². The molecular weight excluding hydrogens is 179 g/mol. The summed E-state index contributed by atoms with van der Waals surface area (Å²) in [6.45, 7) is 0. The monoisotopic (exact) mass is 192 g/mol. The van der Waals surface area contributed by atoms with Gasteiger partial charge in [-0.3, -0.25) is 4.98 Å². The molecule has 13 heavy (non-hydrogen) atoms. The molecule has 0 aromatic carbocycles. The summed E-state index contributed by atoms with van der Waals surface area (Å²) < 4.78 is 0. The van der Waals surface area contributed by atoms with E-state index in [0.29, 0.717) is 0 Å². The van der Waals surface area contributed by atoms with Crippen molar-refractivity contribution in [1.82, 2.24) is 4.98 Å². The predicted octanol–water partition coefficient (Wildman–Crippen LogP) is 1.35. The Kier molecular flexibility index (Phi) is 1.60. The van der Waals surface area contributed by atoms with Gasteiger partial charge in [-0.2, -0.15) is 0 Å². The second-order valence-electron chi connectivity index (χ2n) is 4.04. The van der Waals surface area contributed by atoms with Crippen LogP contribution in [-0.4, -0.2) is 17.3 Å². The van der Waals surface area contributed by atoms with Crippen molar-refractivity contribution in [3.8, 4) is 0 Å². The van der Waals surface area contributed by atoms with Crippen LogP contribution in [0, 0.1) is 5.92 Å². The quantitative estimate of drug-likeness (QED) is 0.630. The fourth-order valence-corrected chi connectivity index (χ4v) is 5.50. The summed E-state index contributed by atoms with van der Waals surface area (Å²) in [5.74, 6) is 0.940. The van der Waals surface area contributed by atoms with Crippen molar-refractivity contribution in [2.24, 2.45) is 5.92 Å². The summed E-state index contributed by atoms with van der Waals surface area (Å²) in [7, 11) is 0.130. The summed E-state index contributed by atoms with van der Waals surface area (Å²) in [6, 6.07) is 2.16. The highest BCUT2D eigenvalue weighted by Crippen LogP contribution is 2.50. The molecule has 0 radical (unpaired) electrons. The summed E-state index contributed by atoms with van der Waals surface area (Å²) in [4.78, 5) is 4.45. The highest BCUT2D eigenvalue weighted by atomic mass is 31.1. The minimum Gasteiger partial charge on any atom is -0.397 e. The molecule has 2 aliphatic rings. The molecule has 3 rings (SSSR count). The van der Waals surface area contributed by atoms with Crippen LogP contribution in [0.15, 0.2) is 12.3 Å². The van der Waals surface area contributed by atoms with Gasteiger partial charge in [-0.1, -0.05) is 7.92 Å². The zero-order valence-corrected chi connectivity index (χ0v) is 8.43. The van der Waals surface area contributed by atoms with Crippen molar-refractivity contribution in [3.05, 3.63) is 18.0 Å². The number of aromatic nitrogens is 1. The Morgan fingerprint density at radius 3 is 3.38 bits per heavy atom. The third kappa shape index (κ3) is 1.16. The van der Waals surface area contributed by atoms with Crippen molar-refractivity contribution >= 4 is 18.9 Å². The molecule has 0 amide bonds. The number of rotatable bonds is 0. The zero-order valence-electron chi connectivity index (χ0n) is 7.53. The summed E-state index contributed by atoms with van der Waals surface area (Å²) in [5.41, 5.74) is 7.94. The van der Waals surface area contributed by atoms with Crippen LogP contribution in [0.2, 0.25) is 0 Å². The molecule has 2 nitrogen and oxygen atoms in total. The van der Waals surface area contributed by atoms with E-state index in [-0.39, 0.29) is 7.92 Å². The van der Waals surface area contributed by atoms with Gasteiger partial charge in [0.1, 0.15) is 0 Å². The fourth-order valence-electron chi connectivity index (χ4n) is 2.42. The number of fused-ring (bicyclic) bond motifs is 4. The molecule has 0 spiro atoms. The minimum absolute atomic E-state index is 0.130. The Morgan fingerprint density at radius 1 is 1.54 bits per heavy atom. The topological polar surface area (TPSA) is 38.9 Å². The number of anilines is 1. The fraction of sp³-hybridized carbons (Fsp3) is 0.500. The SMILES string of the molecule is Nc1cnc2c(c1)P1CCC(C2)C1. The van der Waals surface area contributed by atoms with Gasteiger partial charge >= 0.3 is 0 Å². The average Bonchev–Trinajstić information content (AvgIpc) is 2.51. The van der Waals surface area contributed by atoms with E-state index >= 15 is 0 Å². The Balaban J connectivity index is 2.12. The van der Waals surface area contributed by atoms with Gasteiger partial charge < -0.3 is 5.73 Å². The van der Waals surface area contributed by atoms with Crippen LogP contribution in [0.5, 0.6) is 0 Å². The van der Waals surface area contributed by atoms with Crippen LogP contribution in [0.4, 0.5) is 5.69 Å². The van der Waals surface area contributed by atoms with E-state index in [1.807, 2.05) is 0 Å². The van der Waals surface area contributed by atoms with Crippen LogP contribution >= 0.6 is 7.92 Å². The molecule has 3 heteroatoms. The molecule has 2 atom stereocenters. The number of hydrogen-bond donors (Lipinski definition) is 1. The molecule has 0 aliphatic carbocycles. The highest BCUT2D eigenvalue weighted by molar-refractivity contribution is 7.66. The molecule has 2 N–H and O–H groups in total. The third-order valence-electron chi connectivity index (χ3n) is 3.08. The second kappa shape index (κ2) is 2.68. The maximum Gasteiger partial charge on any atom is 0.0507 e. The van der Waals surface area contributed by atoms with Gasteiger partial charge in [0.05, 0.1) is 11.9 Å². The predicted molar refractivity (Wildman–Crippen MR) is 56.7 cm³/mol. The Morgan fingerprint density at radius 2 is 2.46 bits per heavy atom. The first-order valence-corrected chi connectivity index (χ1v) is 6.53. The standard InChI is InChI=1S/C10H13N2P/c11-8-4-10-9(12-5-8)3-7-1-2-13(10)6-7/h4-5,7H,1-3,6,11H2. The molecule has 2 unspecified atom stereocenters. The van der Waals surface area contributed by atoms with Crippen molar-refractivity contribution in [2.45, 2.75) is 12.8 Å². The lowest BCUT2D eigenvalue weighted by Gasteiger charge is -2.22. The highest BCUT2D eigenvalue weighted by Gasteiger charge is 2.33. The van der Waals surface area contributed by atoms with Crippen LogP contribution in [0.3, 0.4) is 0 Å². The summed E-state index contributed by atoms with van der Waals surface area (Å²) in [5, 5.41) is 1.50. The Hall–Kier alpha value is -0.620. The first-order valence-electron chi connectivity index (χ1n) is 4.82. The van der Waals surface area contributed by atoms with E-state index in [1.54, 1.807) is 6.20 Å². The third-order valence-corrected chi connectivity index (χ3v) is 5.90. The lowest BCUT2D eigenvalue weighted by molar-refractivity contribution is 0.586. The lowest BCUT2D eigenvalue weighted by Crippen LogP contribution is -2.20. The molecule has 1 aromatic heterocycles. The van der Waals surface area contributed by atoms with Gasteiger partial charge in [0.25, 0.3) is 0 Å². The second-order valence-corrected chi connectivity index (χ2v) is 6.41. The number of nitrogens with two attached hydrogens (primary N) is 1. The van der Waals surface area contributed by atoms with E-state index < -0.39 is 0 Å². The molecule has 1 saturated heterocycles. The largest absolute Gasteiger partial charge is 0.397 e. The van der Waals surface area contributed by atoms with Gasteiger partial charge in [0.15, 0.2) is 0 Å². The average molecular weight is 192 g/mol. The van der Waals surface area contributed by atoms with Crippen LogP contribution in [0.1, 0.15) is 12.1 Å². The number of nitrogen functional groups attached to an aromatic ring is 1. The van der Waals surface area contributed by atoms with Crippen molar-refractivity contribution in [2.75, 3.05) is 18.1 Å². The smallest absolute Gasteiger partial charge is 0.0507 e. The maximum absolute atomic E-state index is 5.76. The van der Waals surface area contributed by atoms with Crippen molar-refractivity contribution < 1.29 is 0 Å². The first-order chi connectivity index (χ1) is 6.33. The Bertz CT molecular complexity index is 351. The van der Waals surface area contributed by atoms with Gasteiger partial charge in [-0.25, -0.2) is 0 Å². The molecule has 0 saturated carbocycles. The van der Waals surface area contributed by atoms with Gasteiger partial charge in [0, 0.05) is 5.69 Å². The van der Waals surface area contributed by atoms with Gasteiger partial charge in [0.2, 0.25) is 0 Å². The first kappa shape index (κ1) is 7.75. The molecule has 1 aromatic rings. The maximum atomic E-state index is 5.76. The summed E-state index contributed by atoms with van der Waals surface area (Å²) >= 11 is 0. The number of pyridine rings is 1. The van der Waals surface area contributed by atoms with E-state index in [0.717, 1.165) is 11.6 Å². The molecule has 3 heterocycles. The lowest BCUT2D eigenvalue weighted by atomic mass is 10.0.